The molecule has 2 N–H and O–H groups in total. The van der Waals surface area contributed by atoms with Gasteiger partial charge in [-0.2, -0.15) is 0 Å². The third-order valence-corrected chi connectivity index (χ3v) is 4.89. The highest BCUT2D eigenvalue weighted by Gasteiger charge is 2.12. The minimum atomic E-state index is -0.899. The zero-order chi connectivity index (χ0) is 18.4. The highest BCUT2D eigenvalue weighted by Crippen LogP contribution is 2.30. The van der Waals surface area contributed by atoms with Gasteiger partial charge in [-0.05, 0) is 42.4 Å². The number of aromatic hydroxyl groups is 1. The Morgan fingerprint density at radius 2 is 2.04 bits per heavy atom. The number of rotatable bonds is 8. The molecule has 0 aliphatic carbocycles. The lowest BCUT2D eigenvalue weighted by molar-refractivity contribution is -0.137. The van der Waals surface area contributed by atoms with Gasteiger partial charge in [-0.3, -0.25) is 14.2 Å². The summed E-state index contributed by atoms with van der Waals surface area (Å²) >= 11 is 6.38. The number of carbonyl (C=O) groups excluding carboxylic acids is 1. The number of nitrogens with zero attached hydrogens (tertiary/aromatic N) is 1. The van der Waals surface area contributed by atoms with E-state index in [1.54, 1.807) is 37.5 Å². The Kier molecular flexibility index (Phi) is 6.49. The van der Waals surface area contributed by atoms with Gasteiger partial charge in [0.25, 0.3) is 0 Å². The number of methoxy groups -OCH3 is 1. The zero-order valence-corrected chi connectivity index (χ0v) is 15.1. The van der Waals surface area contributed by atoms with Crippen molar-refractivity contribution in [1.82, 2.24) is 4.57 Å². The maximum atomic E-state index is 11.4. The second-order valence-corrected chi connectivity index (χ2v) is 6.83. The lowest BCUT2D eigenvalue weighted by Crippen LogP contribution is -2.01. The first-order valence-electron chi connectivity index (χ1n) is 7.42. The van der Waals surface area contributed by atoms with Crippen molar-refractivity contribution in [2.24, 2.45) is 0 Å². The third-order valence-electron chi connectivity index (χ3n) is 3.50. The minimum absolute atomic E-state index is 0.00628. The number of thiazole rings is 1. The second kappa shape index (κ2) is 8.59. The summed E-state index contributed by atoms with van der Waals surface area (Å²) in [7, 11) is 1.56. The molecule has 0 atom stereocenters. The van der Waals surface area contributed by atoms with E-state index in [-0.39, 0.29) is 12.3 Å². The van der Waals surface area contributed by atoms with Crippen molar-refractivity contribution in [3.05, 3.63) is 38.7 Å². The fraction of sp³-hybridized carbons (Fsp3) is 0.235. The van der Waals surface area contributed by atoms with Gasteiger partial charge in [0.1, 0.15) is 5.75 Å². The van der Waals surface area contributed by atoms with E-state index in [4.69, 9.17) is 22.1 Å². The van der Waals surface area contributed by atoms with Crippen LogP contribution >= 0.6 is 23.6 Å². The molecule has 0 saturated heterocycles. The normalized spacial score (nSPS) is 11.3. The zero-order valence-electron chi connectivity index (χ0n) is 13.5. The molecule has 1 heterocycles. The van der Waals surface area contributed by atoms with E-state index in [0.717, 1.165) is 0 Å². The number of hydrogen-bond donors (Lipinski definition) is 2. The first-order valence-corrected chi connectivity index (χ1v) is 8.64. The summed E-state index contributed by atoms with van der Waals surface area (Å²) in [5.74, 6) is -0.283. The van der Waals surface area contributed by atoms with Gasteiger partial charge in [-0.25, -0.2) is 0 Å². The van der Waals surface area contributed by atoms with Gasteiger partial charge in [0.15, 0.2) is 10.2 Å². The van der Waals surface area contributed by atoms with Gasteiger partial charge in [0.05, 0.1) is 12.0 Å². The molecule has 0 amide bonds. The number of aliphatic carboxylic acids is 1. The first-order chi connectivity index (χ1) is 12.0. The number of aldehydes is 1. The van der Waals surface area contributed by atoms with Gasteiger partial charge in [0, 0.05) is 18.5 Å². The average molecular weight is 379 g/mol. The van der Waals surface area contributed by atoms with Crippen molar-refractivity contribution >= 4 is 47.5 Å². The van der Waals surface area contributed by atoms with Crippen LogP contribution in [0.25, 0.3) is 11.6 Å². The van der Waals surface area contributed by atoms with Crippen molar-refractivity contribution in [3.8, 4) is 11.6 Å². The maximum Gasteiger partial charge on any atom is 0.303 e. The fourth-order valence-electron chi connectivity index (χ4n) is 2.20. The van der Waals surface area contributed by atoms with Crippen molar-refractivity contribution in [2.45, 2.75) is 19.4 Å². The van der Waals surface area contributed by atoms with Crippen LogP contribution in [-0.2, 0) is 16.1 Å². The number of carboxylic acids is 1. The molecule has 1 aromatic carbocycles. The lowest BCUT2D eigenvalue weighted by atomic mass is 10.1. The Morgan fingerprint density at radius 1 is 1.36 bits per heavy atom. The van der Waals surface area contributed by atoms with Crippen LogP contribution in [0.15, 0.2) is 24.3 Å². The van der Waals surface area contributed by atoms with Crippen molar-refractivity contribution in [1.29, 1.82) is 0 Å². The molecule has 0 fully saturated rings. The molecule has 0 radical (unpaired) electrons. The summed E-state index contributed by atoms with van der Waals surface area (Å²) < 4.78 is 6.99. The largest absolute Gasteiger partial charge is 0.497 e. The van der Waals surface area contributed by atoms with Crippen LogP contribution in [0.4, 0.5) is 0 Å². The second-order valence-electron chi connectivity index (χ2n) is 5.15. The predicted molar refractivity (Wildman–Crippen MR) is 98.6 cm³/mol. The molecule has 0 unspecified atom stereocenters. The van der Waals surface area contributed by atoms with E-state index in [9.17, 15) is 14.7 Å². The number of ether oxygens (including phenoxy) is 1. The molecule has 1 aromatic heterocycles. The van der Waals surface area contributed by atoms with E-state index in [2.05, 4.69) is 0 Å². The number of carboxylic acid groups (broad SMARTS) is 1. The van der Waals surface area contributed by atoms with E-state index >= 15 is 0 Å². The van der Waals surface area contributed by atoms with Crippen LogP contribution in [0.5, 0.6) is 11.6 Å². The van der Waals surface area contributed by atoms with Gasteiger partial charge in [0.2, 0.25) is 5.88 Å². The van der Waals surface area contributed by atoms with E-state index in [1.165, 1.54) is 15.9 Å². The maximum absolute atomic E-state index is 11.4. The molecule has 25 heavy (non-hydrogen) atoms. The molecule has 0 saturated carbocycles. The third kappa shape index (κ3) is 4.77. The number of hydrogen-bond acceptors (Lipinski definition) is 6. The molecule has 2 aromatic rings. The Balaban J connectivity index is 2.29. The van der Waals surface area contributed by atoms with Crippen molar-refractivity contribution < 1.29 is 24.5 Å². The van der Waals surface area contributed by atoms with Crippen LogP contribution in [0, 0.1) is 3.95 Å². The van der Waals surface area contributed by atoms with Crippen LogP contribution in [0.1, 0.15) is 23.3 Å². The van der Waals surface area contributed by atoms with Gasteiger partial charge in [-0.15, -0.1) is 11.3 Å². The average Bonchev–Trinajstić information content (AvgIpc) is 2.87. The SMILES string of the molecule is COc1ccc(/C(C=O)=C/c2sc(=S)n(CCCC(=O)O)c2O)cc1. The topological polar surface area (TPSA) is 88.8 Å². The predicted octanol–water partition coefficient (Wildman–Crippen LogP) is 3.60. The van der Waals surface area contributed by atoms with Crippen LogP contribution in [0.2, 0.25) is 0 Å². The van der Waals surface area contributed by atoms with E-state index < -0.39 is 5.97 Å². The van der Waals surface area contributed by atoms with E-state index in [1.807, 2.05) is 0 Å². The molecule has 0 bridgehead atoms. The number of benzene rings is 1. The Bertz CT molecular complexity index is 849. The number of allylic oxidation sites excluding steroid dienone is 1. The van der Waals surface area contributed by atoms with Crippen molar-refractivity contribution in [2.75, 3.05) is 7.11 Å². The molecule has 2 rings (SSSR count). The number of aromatic nitrogens is 1. The summed E-state index contributed by atoms with van der Waals surface area (Å²) in [5.41, 5.74) is 1.08. The summed E-state index contributed by atoms with van der Waals surface area (Å²) in [6.45, 7) is 0.306. The molecule has 0 aliphatic rings. The summed E-state index contributed by atoms with van der Waals surface area (Å²) in [4.78, 5) is 22.5. The van der Waals surface area contributed by atoms with Gasteiger partial charge in [-0.1, -0.05) is 12.1 Å². The molecule has 0 aliphatic heterocycles. The summed E-state index contributed by atoms with van der Waals surface area (Å²) in [5, 5.41) is 19.0. The Labute approximate surface area is 153 Å². The van der Waals surface area contributed by atoms with Crippen LogP contribution in [-0.4, -0.2) is 34.1 Å². The van der Waals surface area contributed by atoms with Crippen molar-refractivity contribution in [3.63, 3.8) is 0 Å². The smallest absolute Gasteiger partial charge is 0.303 e. The molecular weight excluding hydrogens is 362 g/mol. The molecule has 132 valence electrons. The lowest BCUT2D eigenvalue weighted by Gasteiger charge is -2.04. The molecule has 0 spiro atoms. The van der Waals surface area contributed by atoms with Crippen LogP contribution < -0.4 is 4.74 Å². The summed E-state index contributed by atoms with van der Waals surface area (Å²) in [6.07, 6.45) is 2.63. The molecule has 6 nitrogen and oxygen atoms in total. The molecular formula is C17H17NO5S2. The number of carbonyl (C=O) groups is 2. The highest BCUT2D eigenvalue weighted by molar-refractivity contribution is 7.73. The van der Waals surface area contributed by atoms with Crippen LogP contribution in [0.3, 0.4) is 0 Å². The standard InChI is InChI=1S/C17H17NO5S2/c1-23-13-6-4-11(5-7-13)12(10-19)9-14-16(22)18(17(24)25-14)8-2-3-15(20)21/h4-7,9-10,22H,2-3,8H2,1H3,(H,20,21)/b12-9+. The van der Waals surface area contributed by atoms with Gasteiger partial charge >= 0.3 is 5.97 Å². The van der Waals surface area contributed by atoms with E-state index in [0.29, 0.717) is 45.0 Å². The Hall–Kier alpha value is -2.45. The molecule has 8 heteroatoms. The first kappa shape index (κ1) is 18.9. The quantitative estimate of drug-likeness (QED) is 0.414. The fourth-order valence-corrected chi connectivity index (χ4v) is 3.51. The highest BCUT2D eigenvalue weighted by atomic mass is 32.1. The summed E-state index contributed by atoms with van der Waals surface area (Å²) in [6, 6.07) is 6.98. The minimum Gasteiger partial charge on any atom is -0.497 e. The monoisotopic (exact) mass is 379 g/mol. The van der Waals surface area contributed by atoms with Gasteiger partial charge < -0.3 is 14.9 Å². The Morgan fingerprint density at radius 3 is 2.60 bits per heavy atom.